The predicted molar refractivity (Wildman–Crippen MR) is 67.3 cm³/mol. The van der Waals surface area contributed by atoms with Gasteiger partial charge in [0.25, 0.3) is 0 Å². The Morgan fingerprint density at radius 3 is 2.72 bits per heavy atom. The molecule has 94 valence electrons. The molecule has 0 spiro atoms. The molecule has 3 nitrogen and oxygen atoms in total. The number of rotatable bonds is 5. The van der Waals surface area contributed by atoms with Gasteiger partial charge >= 0.3 is 5.97 Å². The number of aromatic nitrogens is 1. The summed E-state index contributed by atoms with van der Waals surface area (Å²) in [4.78, 5) is 14.8. The van der Waals surface area contributed by atoms with Crippen molar-refractivity contribution in [2.24, 2.45) is 0 Å². The van der Waals surface area contributed by atoms with E-state index < -0.39 is 5.97 Å². The molecular weight excluding hydrogens is 253 g/mol. The van der Waals surface area contributed by atoms with Crippen LogP contribution in [0.5, 0.6) is 0 Å². The van der Waals surface area contributed by atoms with E-state index in [2.05, 4.69) is 4.98 Å². The predicted octanol–water partition coefficient (Wildman–Crippen LogP) is 2.89. The fourth-order valence-corrected chi connectivity index (χ4v) is 2.42. The van der Waals surface area contributed by atoms with Gasteiger partial charge in [0.1, 0.15) is 5.82 Å². The zero-order valence-corrected chi connectivity index (χ0v) is 10.4. The minimum absolute atomic E-state index is 0.0969. The summed E-state index contributed by atoms with van der Waals surface area (Å²) in [6.07, 6.45) is 1.20. The first-order chi connectivity index (χ1) is 8.63. The highest BCUT2D eigenvalue weighted by Crippen LogP contribution is 2.16. The fraction of sp³-hybridized carbons (Fsp3) is 0.231. The van der Waals surface area contributed by atoms with Crippen molar-refractivity contribution in [1.29, 1.82) is 0 Å². The van der Waals surface area contributed by atoms with E-state index >= 15 is 0 Å². The molecule has 0 aliphatic rings. The van der Waals surface area contributed by atoms with Crippen molar-refractivity contribution in [2.75, 3.05) is 0 Å². The van der Waals surface area contributed by atoms with Crippen LogP contribution in [0.3, 0.4) is 0 Å². The highest BCUT2D eigenvalue weighted by molar-refractivity contribution is 7.09. The quantitative estimate of drug-likeness (QED) is 0.904. The molecule has 1 N–H and O–H groups in total. The van der Waals surface area contributed by atoms with Crippen molar-refractivity contribution in [3.8, 4) is 0 Å². The minimum atomic E-state index is -0.817. The van der Waals surface area contributed by atoms with E-state index in [9.17, 15) is 9.18 Å². The van der Waals surface area contributed by atoms with Crippen LogP contribution in [0, 0.1) is 5.82 Å². The van der Waals surface area contributed by atoms with E-state index in [1.807, 2.05) is 5.38 Å². The van der Waals surface area contributed by atoms with Crippen LogP contribution in [0.25, 0.3) is 0 Å². The number of halogens is 1. The van der Waals surface area contributed by atoms with Gasteiger partial charge < -0.3 is 5.11 Å². The Morgan fingerprint density at radius 2 is 2.06 bits per heavy atom. The van der Waals surface area contributed by atoms with Crippen molar-refractivity contribution >= 4 is 17.3 Å². The number of aliphatic carboxylic acids is 1. The number of thiazole rings is 1. The second kappa shape index (κ2) is 5.73. The molecule has 1 aromatic heterocycles. The Kier molecular flexibility index (Phi) is 4.04. The van der Waals surface area contributed by atoms with Crippen LogP contribution in [-0.2, 0) is 17.6 Å². The van der Waals surface area contributed by atoms with Crippen LogP contribution in [0.15, 0.2) is 29.6 Å². The summed E-state index contributed by atoms with van der Waals surface area (Å²) in [5.41, 5.74) is 1.80. The van der Waals surface area contributed by atoms with E-state index in [1.165, 1.54) is 23.5 Å². The van der Waals surface area contributed by atoms with E-state index in [0.29, 0.717) is 12.8 Å². The van der Waals surface area contributed by atoms with Crippen molar-refractivity contribution in [3.05, 3.63) is 51.7 Å². The van der Waals surface area contributed by atoms with Crippen molar-refractivity contribution in [1.82, 2.24) is 4.98 Å². The highest BCUT2D eigenvalue weighted by atomic mass is 32.1. The molecule has 2 rings (SSSR count). The zero-order chi connectivity index (χ0) is 13.0. The first-order valence-corrected chi connectivity index (χ1v) is 6.41. The molecule has 0 saturated carbocycles. The Labute approximate surface area is 108 Å². The molecule has 0 bridgehead atoms. The molecule has 5 heteroatoms. The number of carbonyl (C=O) groups is 1. The number of aryl methyl sites for hydroxylation is 1. The highest BCUT2D eigenvalue weighted by Gasteiger charge is 2.05. The normalized spacial score (nSPS) is 10.5. The molecule has 0 amide bonds. The smallest absolute Gasteiger partial charge is 0.303 e. The second-order valence-corrected chi connectivity index (χ2v) is 4.87. The summed E-state index contributed by atoms with van der Waals surface area (Å²) in [5.74, 6) is -1.07. The first-order valence-electron chi connectivity index (χ1n) is 5.53. The van der Waals surface area contributed by atoms with E-state index in [-0.39, 0.29) is 12.2 Å². The van der Waals surface area contributed by atoms with Crippen molar-refractivity contribution in [3.63, 3.8) is 0 Å². The molecule has 1 heterocycles. The third-order valence-corrected chi connectivity index (χ3v) is 3.36. The number of hydrogen-bond acceptors (Lipinski definition) is 3. The molecule has 0 aliphatic carbocycles. The monoisotopic (exact) mass is 265 g/mol. The standard InChI is InChI=1S/C13H12FNO2S/c14-10-3-1-9(2-4-10)7-12-15-11(8-18-12)5-6-13(16)17/h1-4,8H,5-7H2,(H,16,17). The molecule has 2 aromatic rings. The average Bonchev–Trinajstić information content (AvgIpc) is 2.77. The molecule has 0 fully saturated rings. The summed E-state index contributed by atoms with van der Waals surface area (Å²) >= 11 is 1.50. The number of carboxylic acid groups (broad SMARTS) is 1. The van der Waals surface area contributed by atoms with Gasteiger partial charge in [-0.3, -0.25) is 4.79 Å². The van der Waals surface area contributed by atoms with Crippen LogP contribution in [0.1, 0.15) is 22.7 Å². The van der Waals surface area contributed by atoms with E-state index in [4.69, 9.17) is 5.11 Å². The zero-order valence-electron chi connectivity index (χ0n) is 9.60. The topological polar surface area (TPSA) is 50.2 Å². The maximum absolute atomic E-state index is 12.7. The lowest BCUT2D eigenvalue weighted by atomic mass is 10.1. The number of nitrogens with zero attached hydrogens (tertiary/aromatic N) is 1. The Bertz CT molecular complexity index is 536. The van der Waals surface area contributed by atoms with Crippen LogP contribution in [0.2, 0.25) is 0 Å². The lowest BCUT2D eigenvalue weighted by Crippen LogP contribution is -1.98. The van der Waals surface area contributed by atoms with Gasteiger partial charge in [-0.05, 0) is 17.7 Å². The van der Waals surface area contributed by atoms with Gasteiger partial charge in [-0.15, -0.1) is 11.3 Å². The van der Waals surface area contributed by atoms with Crippen molar-refractivity contribution in [2.45, 2.75) is 19.3 Å². The lowest BCUT2D eigenvalue weighted by Gasteiger charge is -1.97. The largest absolute Gasteiger partial charge is 0.481 e. The van der Waals surface area contributed by atoms with Crippen molar-refractivity contribution < 1.29 is 14.3 Å². The molecule has 18 heavy (non-hydrogen) atoms. The summed E-state index contributed by atoms with van der Waals surface area (Å²) in [6.45, 7) is 0. The minimum Gasteiger partial charge on any atom is -0.481 e. The van der Waals surface area contributed by atoms with Crippen LogP contribution >= 0.6 is 11.3 Å². The molecule has 0 radical (unpaired) electrons. The average molecular weight is 265 g/mol. The molecular formula is C13H12FNO2S. The van der Waals surface area contributed by atoms with Gasteiger partial charge in [-0.2, -0.15) is 0 Å². The van der Waals surface area contributed by atoms with E-state index in [0.717, 1.165) is 16.3 Å². The maximum Gasteiger partial charge on any atom is 0.303 e. The second-order valence-electron chi connectivity index (χ2n) is 3.93. The van der Waals surface area contributed by atoms with Gasteiger partial charge in [-0.1, -0.05) is 12.1 Å². The van der Waals surface area contributed by atoms with Gasteiger partial charge in [-0.25, -0.2) is 9.37 Å². The van der Waals surface area contributed by atoms with E-state index in [1.54, 1.807) is 12.1 Å². The Morgan fingerprint density at radius 1 is 1.33 bits per heavy atom. The summed E-state index contributed by atoms with van der Waals surface area (Å²) in [7, 11) is 0. The SMILES string of the molecule is O=C(O)CCc1csc(Cc2ccc(F)cc2)n1. The Balaban J connectivity index is 1.97. The Hall–Kier alpha value is -1.75. The molecule has 0 saturated heterocycles. The summed E-state index contributed by atoms with van der Waals surface area (Å²) in [6, 6.07) is 6.31. The molecule has 1 aromatic carbocycles. The number of carboxylic acids is 1. The van der Waals surface area contributed by atoms with Gasteiger partial charge in [0, 0.05) is 18.2 Å². The number of hydrogen-bond donors (Lipinski definition) is 1. The van der Waals surface area contributed by atoms with Crippen LogP contribution in [0.4, 0.5) is 4.39 Å². The van der Waals surface area contributed by atoms with Crippen LogP contribution in [-0.4, -0.2) is 16.1 Å². The molecule has 0 unspecified atom stereocenters. The fourth-order valence-electron chi connectivity index (χ4n) is 1.56. The summed E-state index contributed by atoms with van der Waals surface area (Å²) < 4.78 is 12.7. The van der Waals surface area contributed by atoms with Crippen LogP contribution < -0.4 is 0 Å². The number of benzene rings is 1. The first kappa shape index (κ1) is 12.7. The summed E-state index contributed by atoms with van der Waals surface area (Å²) in [5, 5.41) is 11.4. The third kappa shape index (κ3) is 3.63. The van der Waals surface area contributed by atoms with Gasteiger partial charge in [0.05, 0.1) is 17.1 Å². The lowest BCUT2D eigenvalue weighted by molar-refractivity contribution is -0.136. The molecule has 0 aliphatic heterocycles. The van der Waals surface area contributed by atoms with Gasteiger partial charge in [0.2, 0.25) is 0 Å². The third-order valence-electron chi connectivity index (χ3n) is 2.46. The maximum atomic E-state index is 12.7. The van der Waals surface area contributed by atoms with Gasteiger partial charge in [0.15, 0.2) is 0 Å². The molecule has 0 atom stereocenters.